The Morgan fingerprint density at radius 1 is 1.08 bits per heavy atom. The topological polar surface area (TPSA) is 49.4 Å². The first-order valence-electron chi connectivity index (χ1n) is 9.82. The van der Waals surface area contributed by atoms with Gasteiger partial charge in [0.05, 0.1) is 6.61 Å². The minimum atomic E-state index is -0.716. The van der Waals surface area contributed by atoms with Crippen LogP contribution in [0.3, 0.4) is 0 Å². The van der Waals surface area contributed by atoms with Gasteiger partial charge in [-0.15, -0.1) is 0 Å². The standard InChI is InChI=1S/C19H33NO5/c1-12-6-7-15-13(2)16(21-11-10-20(4)5)22-17-19(15)14(12)8-9-18(3,23-17)24-25-19/h12-17H,6-11H2,1-5H3/t12-,13-,14?,15?,16+,17-,18-,19-/m1/s1. The van der Waals surface area contributed by atoms with Crippen molar-refractivity contribution < 1.29 is 24.0 Å². The van der Waals surface area contributed by atoms with E-state index in [1.807, 2.05) is 6.92 Å². The van der Waals surface area contributed by atoms with E-state index in [1.54, 1.807) is 0 Å². The summed E-state index contributed by atoms with van der Waals surface area (Å²) in [5, 5.41) is 0. The summed E-state index contributed by atoms with van der Waals surface area (Å²) in [5.41, 5.74) is -0.492. The van der Waals surface area contributed by atoms with Crippen molar-refractivity contribution in [3.05, 3.63) is 0 Å². The zero-order valence-electron chi connectivity index (χ0n) is 16.2. The lowest BCUT2D eigenvalue weighted by Gasteiger charge is -2.60. The van der Waals surface area contributed by atoms with E-state index in [2.05, 4.69) is 32.8 Å². The zero-order chi connectivity index (χ0) is 17.8. The fourth-order valence-corrected chi connectivity index (χ4v) is 5.41. The molecule has 2 unspecified atom stereocenters. The summed E-state index contributed by atoms with van der Waals surface area (Å²) in [7, 11) is 4.10. The molecule has 0 aromatic carbocycles. The van der Waals surface area contributed by atoms with Crippen molar-refractivity contribution in [3.63, 3.8) is 0 Å². The SMILES string of the molecule is C[C@@H]1CCC2[C@@H](C)[C@@H](OCCN(C)C)O[C@@H]3O[C@@]4(C)CCC1[C@@]23OO4. The van der Waals surface area contributed by atoms with Gasteiger partial charge in [0.25, 0.3) is 0 Å². The molecule has 8 atom stereocenters. The Labute approximate surface area is 151 Å². The molecule has 0 N–H and O–H groups in total. The van der Waals surface area contributed by atoms with Crippen molar-refractivity contribution in [1.29, 1.82) is 0 Å². The second-order valence-corrected chi connectivity index (χ2v) is 8.95. The van der Waals surface area contributed by atoms with E-state index in [0.29, 0.717) is 24.4 Å². The van der Waals surface area contributed by atoms with E-state index in [4.69, 9.17) is 24.0 Å². The molecule has 1 aliphatic carbocycles. The minimum absolute atomic E-state index is 0.249. The molecule has 2 bridgehead atoms. The molecule has 0 radical (unpaired) electrons. The molecule has 5 fully saturated rings. The van der Waals surface area contributed by atoms with Crippen LogP contribution in [0, 0.1) is 23.7 Å². The third-order valence-corrected chi connectivity index (χ3v) is 6.92. The second kappa shape index (κ2) is 6.43. The van der Waals surface area contributed by atoms with Crippen molar-refractivity contribution in [2.75, 3.05) is 27.2 Å². The molecule has 0 amide bonds. The Morgan fingerprint density at radius 2 is 1.88 bits per heavy atom. The fraction of sp³-hybridized carbons (Fsp3) is 1.00. The van der Waals surface area contributed by atoms with E-state index < -0.39 is 17.7 Å². The first kappa shape index (κ1) is 18.1. The third kappa shape index (κ3) is 2.86. The fourth-order valence-electron chi connectivity index (χ4n) is 5.41. The number of fused-ring (bicyclic) bond motifs is 2. The van der Waals surface area contributed by atoms with Gasteiger partial charge in [-0.1, -0.05) is 13.8 Å². The van der Waals surface area contributed by atoms with Crippen LogP contribution in [0.25, 0.3) is 0 Å². The molecular weight excluding hydrogens is 322 g/mol. The number of ether oxygens (including phenoxy) is 3. The maximum atomic E-state index is 6.37. The van der Waals surface area contributed by atoms with Crippen LogP contribution < -0.4 is 0 Å². The van der Waals surface area contributed by atoms with Crippen LogP contribution >= 0.6 is 0 Å². The lowest BCUT2D eigenvalue weighted by molar-refractivity contribution is -0.577. The van der Waals surface area contributed by atoms with Gasteiger partial charge in [-0.2, -0.15) is 0 Å². The van der Waals surface area contributed by atoms with Crippen molar-refractivity contribution >= 4 is 0 Å². The summed E-state index contributed by atoms with van der Waals surface area (Å²) >= 11 is 0. The van der Waals surface area contributed by atoms with E-state index >= 15 is 0 Å². The Hall–Kier alpha value is -0.240. The number of rotatable bonds is 4. The molecule has 4 heterocycles. The highest BCUT2D eigenvalue weighted by molar-refractivity contribution is 5.09. The van der Waals surface area contributed by atoms with Gasteiger partial charge in [0.1, 0.15) is 0 Å². The van der Waals surface area contributed by atoms with Crippen LogP contribution in [-0.2, 0) is 24.0 Å². The molecule has 0 aromatic rings. The maximum Gasteiger partial charge on any atom is 0.201 e. The highest BCUT2D eigenvalue weighted by Gasteiger charge is 2.69. The molecule has 6 nitrogen and oxygen atoms in total. The van der Waals surface area contributed by atoms with Crippen LogP contribution in [0.1, 0.15) is 46.5 Å². The maximum absolute atomic E-state index is 6.37. The molecule has 25 heavy (non-hydrogen) atoms. The number of hydrogen-bond donors (Lipinski definition) is 0. The molecule has 6 heteroatoms. The van der Waals surface area contributed by atoms with E-state index in [0.717, 1.165) is 25.8 Å². The van der Waals surface area contributed by atoms with Gasteiger partial charge in [0.2, 0.25) is 5.79 Å². The van der Waals surface area contributed by atoms with Gasteiger partial charge in [-0.3, -0.25) is 0 Å². The lowest BCUT2D eigenvalue weighted by Crippen LogP contribution is -2.70. The van der Waals surface area contributed by atoms with Crippen molar-refractivity contribution in [2.45, 2.75) is 70.4 Å². The van der Waals surface area contributed by atoms with Crippen molar-refractivity contribution in [2.24, 2.45) is 23.7 Å². The predicted molar refractivity (Wildman–Crippen MR) is 91.3 cm³/mol. The van der Waals surface area contributed by atoms with Gasteiger partial charge >= 0.3 is 0 Å². The monoisotopic (exact) mass is 355 g/mol. The summed E-state index contributed by atoms with van der Waals surface area (Å²) in [6, 6.07) is 0. The smallest absolute Gasteiger partial charge is 0.201 e. The van der Waals surface area contributed by atoms with Crippen LogP contribution in [0.2, 0.25) is 0 Å². The molecule has 1 spiro atoms. The number of nitrogens with zero attached hydrogens (tertiary/aromatic N) is 1. The van der Waals surface area contributed by atoms with Crippen molar-refractivity contribution in [3.8, 4) is 0 Å². The van der Waals surface area contributed by atoms with Crippen LogP contribution in [0.4, 0.5) is 0 Å². The molecule has 144 valence electrons. The summed E-state index contributed by atoms with van der Waals surface area (Å²) in [6.45, 7) is 8.06. The predicted octanol–water partition coefficient (Wildman–Crippen LogP) is 2.77. The highest BCUT2D eigenvalue weighted by atomic mass is 17.3. The molecule has 5 aliphatic rings. The first-order chi connectivity index (χ1) is 11.9. The Kier molecular flexibility index (Phi) is 4.66. The summed E-state index contributed by atoms with van der Waals surface area (Å²) in [6.07, 6.45) is 3.58. The Balaban J connectivity index is 1.61. The summed E-state index contributed by atoms with van der Waals surface area (Å²) in [4.78, 5) is 14.1. The first-order valence-corrected chi connectivity index (χ1v) is 9.82. The van der Waals surface area contributed by atoms with Gasteiger partial charge in [-0.05, 0) is 52.1 Å². The van der Waals surface area contributed by atoms with Gasteiger partial charge in [0.15, 0.2) is 18.2 Å². The quantitative estimate of drug-likeness (QED) is 0.723. The second-order valence-electron chi connectivity index (χ2n) is 8.95. The average Bonchev–Trinajstić information content (AvgIpc) is 2.78. The summed E-state index contributed by atoms with van der Waals surface area (Å²) in [5.74, 6) is 0.869. The molecule has 4 saturated heterocycles. The highest BCUT2D eigenvalue weighted by Crippen LogP contribution is 2.60. The molecule has 1 saturated carbocycles. The third-order valence-electron chi connectivity index (χ3n) is 6.92. The van der Waals surface area contributed by atoms with Gasteiger partial charge in [0, 0.05) is 24.8 Å². The average molecular weight is 355 g/mol. The van der Waals surface area contributed by atoms with Crippen LogP contribution in [0.15, 0.2) is 0 Å². The molecule has 4 aliphatic heterocycles. The lowest BCUT2D eigenvalue weighted by atomic mass is 9.58. The number of hydrogen-bond acceptors (Lipinski definition) is 6. The van der Waals surface area contributed by atoms with Crippen LogP contribution in [0.5, 0.6) is 0 Å². The van der Waals surface area contributed by atoms with Crippen LogP contribution in [-0.4, -0.2) is 56.1 Å². The minimum Gasteiger partial charge on any atom is -0.351 e. The van der Waals surface area contributed by atoms with E-state index in [9.17, 15) is 0 Å². The zero-order valence-corrected chi connectivity index (χ0v) is 16.2. The summed E-state index contributed by atoms with van der Waals surface area (Å²) < 4.78 is 18.8. The molecule has 0 aromatic heterocycles. The Bertz CT molecular complexity index is 502. The van der Waals surface area contributed by atoms with E-state index in [-0.39, 0.29) is 12.2 Å². The van der Waals surface area contributed by atoms with E-state index in [1.165, 1.54) is 6.42 Å². The van der Waals surface area contributed by atoms with Gasteiger partial charge in [-0.25, -0.2) is 9.78 Å². The normalized spacial score (nSPS) is 52.1. The van der Waals surface area contributed by atoms with Crippen molar-refractivity contribution in [1.82, 2.24) is 4.90 Å². The molecular formula is C19H33NO5. The number of likely N-dealkylation sites (N-methyl/N-ethyl adjacent to an activating group) is 1. The largest absolute Gasteiger partial charge is 0.351 e. The van der Waals surface area contributed by atoms with Gasteiger partial charge < -0.3 is 19.1 Å². The Morgan fingerprint density at radius 3 is 2.64 bits per heavy atom. The molecule has 5 rings (SSSR count).